The lowest BCUT2D eigenvalue weighted by Crippen LogP contribution is -2.37. The minimum absolute atomic E-state index is 0.0397. The van der Waals surface area contributed by atoms with Crippen LogP contribution in [-0.2, 0) is 11.3 Å². The number of nitrogens with one attached hydrogen (secondary N) is 2. The third-order valence-corrected chi connectivity index (χ3v) is 3.75. The molecule has 0 aliphatic rings. The molecule has 0 aromatic carbocycles. The first-order chi connectivity index (χ1) is 13.6. The molecule has 0 radical (unpaired) electrons. The van der Waals surface area contributed by atoms with Gasteiger partial charge in [-0.2, -0.15) is 0 Å². The highest BCUT2D eigenvalue weighted by Gasteiger charge is 2.24. The van der Waals surface area contributed by atoms with Crippen molar-refractivity contribution in [3.05, 3.63) is 46.7 Å². The van der Waals surface area contributed by atoms with Crippen molar-refractivity contribution in [2.45, 2.75) is 32.4 Å². The highest BCUT2D eigenvalue weighted by atomic mass is 35.5. The van der Waals surface area contributed by atoms with Crippen LogP contribution in [0.2, 0.25) is 5.02 Å². The molecule has 156 valence electrons. The lowest BCUT2D eigenvalue weighted by Gasteiger charge is -2.16. The molecule has 2 amide bonds. The smallest absolute Gasteiger partial charge is 0.272 e. The monoisotopic (exact) mass is 428 g/mol. The Bertz CT molecular complexity index is 890. The standard InChI is InChI=1S/C18H19ClF2N4O4/c1-18(2,28)17(27)25-14-6-11(3-4-22-14)15(26)23-7-10-5-12(19)16(24-8-10)29-9-13(20)21/h3-6,8,13,28H,7,9H2,1-2H3,(H,23,26)(H,22,25,27). The summed E-state index contributed by atoms with van der Waals surface area (Å²) in [5.41, 5.74) is -0.850. The molecule has 0 aliphatic heterocycles. The molecule has 0 aliphatic carbocycles. The van der Waals surface area contributed by atoms with Crippen molar-refractivity contribution < 1.29 is 28.2 Å². The summed E-state index contributed by atoms with van der Waals surface area (Å²) in [5.74, 6) is -1.14. The van der Waals surface area contributed by atoms with Gasteiger partial charge in [-0.3, -0.25) is 9.59 Å². The lowest BCUT2D eigenvalue weighted by atomic mass is 10.1. The van der Waals surface area contributed by atoms with E-state index in [1.165, 1.54) is 44.4 Å². The molecule has 2 heterocycles. The van der Waals surface area contributed by atoms with Gasteiger partial charge in [0.1, 0.15) is 16.4 Å². The van der Waals surface area contributed by atoms with E-state index in [9.17, 15) is 23.5 Å². The van der Waals surface area contributed by atoms with E-state index in [4.69, 9.17) is 16.3 Å². The molecule has 0 saturated heterocycles. The van der Waals surface area contributed by atoms with Crippen LogP contribution in [0.1, 0.15) is 29.8 Å². The quantitative estimate of drug-likeness (QED) is 0.595. The molecular formula is C18H19ClF2N4O4. The highest BCUT2D eigenvalue weighted by Crippen LogP contribution is 2.23. The second-order valence-electron chi connectivity index (χ2n) is 6.46. The lowest BCUT2D eigenvalue weighted by molar-refractivity contribution is -0.130. The van der Waals surface area contributed by atoms with E-state index >= 15 is 0 Å². The summed E-state index contributed by atoms with van der Waals surface area (Å²) in [5, 5.41) is 14.7. The van der Waals surface area contributed by atoms with Gasteiger partial charge in [0.05, 0.1) is 0 Å². The first kappa shape index (κ1) is 22.4. The van der Waals surface area contributed by atoms with Crippen LogP contribution in [0.4, 0.5) is 14.6 Å². The van der Waals surface area contributed by atoms with Crippen LogP contribution in [0.3, 0.4) is 0 Å². The number of nitrogens with zero attached hydrogens (tertiary/aromatic N) is 2. The summed E-state index contributed by atoms with van der Waals surface area (Å²) < 4.78 is 29.1. The number of pyridine rings is 2. The Morgan fingerprint density at radius 2 is 2.03 bits per heavy atom. The van der Waals surface area contributed by atoms with Crippen molar-refractivity contribution in [1.82, 2.24) is 15.3 Å². The summed E-state index contributed by atoms with van der Waals surface area (Å²) in [7, 11) is 0. The molecule has 2 rings (SSSR count). The zero-order valence-corrected chi connectivity index (χ0v) is 16.3. The van der Waals surface area contributed by atoms with Crippen LogP contribution < -0.4 is 15.4 Å². The topological polar surface area (TPSA) is 113 Å². The highest BCUT2D eigenvalue weighted by molar-refractivity contribution is 6.31. The zero-order chi connectivity index (χ0) is 21.6. The van der Waals surface area contributed by atoms with Crippen molar-refractivity contribution in [2.75, 3.05) is 11.9 Å². The van der Waals surface area contributed by atoms with Crippen LogP contribution in [0, 0.1) is 0 Å². The minimum atomic E-state index is -2.65. The maximum Gasteiger partial charge on any atom is 0.272 e. The summed E-state index contributed by atoms with van der Waals surface area (Å²) in [6.07, 6.45) is 0.0297. The molecule has 0 spiro atoms. The van der Waals surface area contributed by atoms with Crippen molar-refractivity contribution >= 4 is 29.2 Å². The molecule has 0 unspecified atom stereocenters. The van der Waals surface area contributed by atoms with Gasteiger partial charge in [0.25, 0.3) is 18.2 Å². The van der Waals surface area contributed by atoms with Gasteiger partial charge in [0.2, 0.25) is 5.88 Å². The fourth-order valence-corrected chi connectivity index (χ4v) is 2.25. The number of alkyl halides is 2. The van der Waals surface area contributed by atoms with E-state index in [1.54, 1.807) is 0 Å². The van der Waals surface area contributed by atoms with Crippen LogP contribution >= 0.6 is 11.6 Å². The Balaban J connectivity index is 1.98. The van der Waals surface area contributed by atoms with Crippen LogP contribution in [0.25, 0.3) is 0 Å². The van der Waals surface area contributed by atoms with E-state index in [1.807, 2.05) is 0 Å². The number of halogens is 3. The number of carbonyl (C=O) groups is 2. The van der Waals surface area contributed by atoms with E-state index in [0.717, 1.165) is 0 Å². The minimum Gasteiger partial charge on any atom is -0.471 e. The number of aromatic nitrogens is 2. The summed E-state index contributed by atoms with van der Waals surface area (Å²) in [6, 6.07) is 4.24. The van der Waals surface area contributed by atoms with Crippen LogP contribution in [-0.4, -0.2) is 45.5 Å². The number of anilines is 1. The average Bonchev–Trinajstić information content (AvgIpc) is 2.64. The van der Waals surface area contributed by atoms with Crippen molar-refractivity contribution in [3.8, 4) is 5.88 Å². The van der Waals surface area contributed by atoms with E-state index < -0.39 is 30.4 Å². The van der Waals surface area contributed by atoms with E-state index in [0.29, 0.717) is 5.56 Å². The Labute approximate surface area is 170 Å². The van der Waals surface area contributed by atoms with Gasteiger partial charge in [-0.1, -0.05) is 11.6 Å². The van der Waals surface area contributed by atoms with Gasteiger partial charge in [-0.15, -0.1) is 0 Å². The predicted octanol–water partition coefficient (Wildman–Crippen LogP) is 2.41. The number of carbonyl (C=O) groups excluding carboxylic acids is 2. The molecule has 0 fully saturated rings. The van der Waals surface area contributed by atoms with Crippen molar-refractivity contribution in [3.63, 3.8) is 0 Å². The fraction of sp³-hybridized carbons (Fsp3) is 0.333. The molecule has 0 atom stereocenters. The SMILES string of the molecule is CC(C)(O)C(=O)Nc1cc(C(=O)NCc2cnc(OCC(F)F)c(Cl)c2)ccn1. The number of hydrogen-bond acceptors (Lipinski definition) is 6. The first-order valence-corrected chi connectivity index (χ1v) is 8.77. The number of aliphatic hydroxyl groups is 1. The van der Waals surface area contributed by atoms with Crippen LogP contribution in [0.15, 0.2) is 30.6 Å². The third-order valence-electron chi connectivity index (χ3n) is 3.48. The molecule has 8 nitrogen and oxygen atoms in total. The van der Waals surface area contributed by atoms with Crippen molar-refractivity contribution in [1.29, 1.82) is 0 Å². The fourth-order valence-electron chi connectivity index (χ4n) is 2.00. The largest absolute Gasteiger partial charge is 0.471 e. The summed E-state index contributed by atoms with van der Waals surface area (Å²) in [6.45, 7) is 1.88. The maximum absolute atomic E-state index is 12.3. The number of ether oxygens (including phenoxy) is 1. The maximum atomic E-state index is 12.3. The second kappa shape index (κ2) is 9.57. The van der Waals surface area contributed by atoms with Crippen molar-refractivity contribution in [2.24, 2.45) is 0 Å². The molecule has 2 aromatic heterocycles. The second-order valence-corrected chi connectivity index (χ2v) is 6.87. The number of hydrogen-bond donors (Lipinski definition) is 3. The van der Waals surface area contributed by atoms with Gasteiger partial charge in [0.15, 0.2) is 6.61 Å². The first-order valence-electron chi connectivity index (χ1n) is 8.39. The predicted molar refractivity (Wildman–Crippen MR) is 101 cm³/mol. The molecule has 2 aromatic rings. The van der Waals surface area contributed by atoms with Gasteiger partial charge in [-0.25, -0.2) is 18.7 Å². The molecular weight excluding hydrogens is 410 g/mol. The Morgan fingerprint density at radius 3 is 2.66 bits per heavy atom. The number of rotatable bonds is 8. The molecule has 29 heavy (non-hydrogen) atoms. The zero-order valence-electron chi connectivity index (χ0n) is 15.6. The van der Waals surface area contributed by atoms with E-state index in [2.05, 4.69) is 20.6 Å². The van der Waals surface area contributed by atoms with E-state index in [-0.39, 0.29) is 28.8 Å². The van der Waals surface area contributed by atoms with Gasteiger partial charge in [-0.05, 0) is 37.6 Å². The summed E-state index contributed by atoms with van der Waals surface area (Å²) in [4.78, 5) is 31.9. The Kier molecular flexibility index (Phi) is 7.40. The Hall–Kier alpha value is -2.85. The molecule has 11 heteroatoms. The normalized spacial score (nSPS) is 11.3. The van der Waals surface area contributed by atoms with Gasteiger partial charge < -0.3 is 20.5 Å². The van der Waals surface area contributed by atoms with Gasteiger partial charge in [0, 0.05) is 24.5 Å². The number of amides is 2. The third kappa shape index (κ3) is 6.91. The Morgan fingerprint density at radius 1 is 1.31 bits per heavy atom. The summed E-state index contributed by atoms with van der Waals surface area (Å²) >= 11 is 5.94. The average molecular weight is 429 g/mol. The van der Waals surface area contributed by atoms with Gasteiger partial charge >= 0.3 is 0 Å². The van der Waals surface area contributed by atoms with Crippen LogP contribution in [0.5, 0.6) is 5.88 Å². The molecule has 3 N–H and O–H groups in total. The molecule has 0 bridgehead atoms. The molecule has 0 saturated carbocycles.